The molecule has 2 heterocycles. The van der Waals surface area contributed by atoms with Gasteiger partial charge in [0.15, 0.2) is 0 Å². The molecule has 0 atom stereocenters. The van der Waals surface area contributed by atoms with E-state index in [2.05, 4.69) is 16.0 Å². The number of rotatable bonds is 1. The molecule has 25 heavy (non-hydrogen) atoms. The molecule has 0 unspecified atom stereocenters. The van der Waals surface area contributed by atoms with Crippen molar-refractivity contribution in [1.82, 2.24) is 9.97 Å². The van der Waals surface area contributed by atoms with Crippen molar-refractivity contribution in [3.63, 3.8) is 0 Å². The van der Waals surface area contributed by atoms with Gasteiger partial charge >= 0.3 is 0 Å². The van der Waals surface area contributed by atoms with Gasteiger partial charge in [-0.1, -0.05) is 38.5 Å². The molecule has 0 aliphatic heterocycles. The standard InChI is InChI=1S/C21H26N4/c22-15-18-20(16-11-13-24-14-12-16)17-9-7-5-3-1-2-4-6-8-10-19(17)25-21(18)23/h11-14H,1-10H2,(H2,23,25). The molecule has 1 aliphatic carbocycles. The van der Waals surface area contributed by atoms with Gasteiger partial charge in [-0.15, -0.1) is 0 Å². The number of fused-ring (bicyclic) bond motifs is 1. The average molecular weight is 334 g/mol. The van der Waals surface area contributed by atoms with Crippen LogP contribution in [0.2, 0.25) is 0 Å². The molecule has 4 heteroatoms. The molecule has 3 rings (SSSR count). The van der Waals surface area contributed by atoms with Crippen LogP contribution in [0.1, 0.15) is 68.2 Å². The Labute approximate surface area is 150 Å². The monoisotopic (exact) mass is 334 g/mol. The number of pyridine rings is 2. The lowest BCUT2D eigenvalue weighted by Crippen LogP contribution is -2.09. The van der Waals surface area contributed by atoms with Crippen molar-refractivity contribution >= 4 is 5.82 Å². The zero-order chi connectivity index (χ0) is 17.5. The van der Waals surface area contributed by atoms with Gasteiger partial charge < -0.3 is 5.73 Å². The highest BCUT2D eigenvalue weighted by Crippen LogP contribution is 2.34. The van der Waals surface area contributed by atoms with E-state index in [1.165, 1.54) is 44.1 Å². The molecule has 1 aliphatic rings. The zero-order valence-corrected chi connectivity index (χ0v) is 14.8. The Hall–Kier alpha value is -2.41. The minimum atomic E-state index is 0.361. The lowest BCUT2D eigenvalue weighted by Gasteiger charge is -2.18. The van der Waals surface area contributed by atoms with E-state index in [1.807, 2.05) is 12.1 Å². The van der Waals surface area contributed by atoms with E-state index in [0.717, 1.165) is 42.5 Å². The van der Waals surface area contributed by atoms with Crippen molar-refractivity contribution in [3.05, 3.63) is 41.3 Å². The van der Waals surface area contributed by atoms with Gasteiger partial charge in [0.2, 0.25) is 0 Å². The van der Waals surface area contributed by atoms with E-state index < -0.39 is 0 Å². The first-order valence-corrected chi connectivity index (χ1v) is 9.43. The molecular formula is C21H26N4. The van der Waals surface area contributed by atoms with E-state index in [0.29, 0.717) is 11.4 Å². The van der Waals surface area contributed by atoms with Gasteiger partial charge in [0.25, 0.3) is 0 Å². The molecule has 130 valence electrons. The SMILES string of the molecule is N#Cc1c(N)nc2c(c1-c1ccncc1)CCCCCCCCCC2. The molecule has 0 radical (unpaired) electrons. The minimum absolute atomic E-state index is 0.361. The molecule has 0 aromatic carbocycles. The average Bonchev–Trinajstić information content (AvgIpc) is 2.63. The Balaban J connectivity index is 2.09. The third-order valence-electron chi connectivity index (χ3n) is 5.08. The molecule has 2 aromatic heterocycles. The molecule has 0 fully saturated rings. The quantitative estimate of drug-likeness (QED) is 0.811. The predicted octanol–water partition coefficient (Wildman–Crippen LogP) is 4.82. The van der Waals surface area contributed by atoms with Gasteiger partial charge in [0.1, 0.15) is 17.5 Å². The van der Waals surface area contributed by atoms with E-state index in [-0.39, 0.29) is 0 Å². The van der Waals surface area contributed by atoms with Crippen LogP contribution in [0.15, 0.2) is 24.5 Å². The Morgan fingerprint density at radius 1 is 0.880 bits per heavy atom. The lowest BCUT2D eigenvalue weighted by atomic mass is 9.89. The fourth-order valence-corrected chi connectivity index (χ4v) is 3.77. The van der Waals surface area contributed by atoms with Crippen LogP contribution < -0.4 is 5.73 Å². The largest absolute Gasteiger partial charge is 0.383 e. The van der Waals surface area contributed by atoms with Gasteiger partial charge in [0.05, 0.1) is 0 Å². The van der Waals surface area contributed by atoms with E-state index >= 15 is 0 Å². The summed E-state index contributed by atoms with van der Waals surface area (Å²) in [5.41, 5.74) is 11.0. The van der Waals surface area contributed by atoms with Crippen LogP contribution >= 0.6 is 0 Å². The smallest absolute Gasteiger partial charge is 0.142 e. The Morgan fingerprint density at radius 3 is 2.12 bits per heavy atom. The number of hydrogen-bond acceptors (Lipinski definition) is 4. The van der Waals surface area contributed by atoms with Crippen LogP contribution in [0.25, 0.3) is 11.1 Å². The fourth-order valence-electron chi connectivity index (χ4n) is 3.77. The highest BCUT2D eigenvalue weighted by atomic mass is 14.9. The number of nitrogens with zero attached hydrogens (tertiary/aromatic N) is 3. The van der Waals surface area contributed by atoms with Crippen LogP contribution in [0.5, 0.6) is 0 Å². The minimum Gasteiger partial charge on any atom is -0.383 e. The second kappa shape index (κ2) is 8.62. The normalized spacial score (nSPS) is 16.1. The third-order valence-corrected chi connectivity index (χ3v) is 5.08. The fraction of sp³-hybridized carbons (Fsp3) is 0.476. The summed E-state index contributed by atoms with van der Waals surface area (Å²) < 4.78 is 0. The van der Waals surface area contributed by atoms with Crippen LogP contribution in [0, 0.1) is 11.3 Å². The number of aromatic nitrogens is 2. The van der Waals surface area contributed by atoms with Crippen molar-refractivity contribution in [2.75, 3.05) is 5.73 Å². The Bertz CT molecular complexity index is 747. The molecule has 0 saturated heterocycles. The van der Waals surface area contributed by atoms with Gasteiger partial charge in [-0.05, 0) is 48.9 Å². The van der Waals surface area contributed by atoms with Crippen molar-refractivity contribution in [1.29, 1.82) is 5.26 Å². The number of nitrogens with two attached hydrogens (primary N) is 1. The number of nitrogen functional groups attached to an aromatic ring is 1. The molecule has 2 aromatic rings. The first kappa shape index (κ1) is 17.4. The molecule has 0 amide bonds. The number of hydrogen-bond donors (Lipinski definition) is 1. The maximum absolute atomic E-state index is 9.69. The van der Waals surface area contributed by atoms with Gasteiger partial charge in [-0.3, -0.25) is 4.98 Å². The van der Waals surface area contributed by atoms with Gasteiger partial charge in [0, 0.05) is 23.7 Å². The summed E-state index contributed by atoms with van der Waals surface area (Å²) in [5.74, 6) is 0.361. The maximum atomic E-state index is 9.69. The van der Waals surface area contributed by atoms with Crippen molar-refractivity contribution < 1.29 is 0 Å². The summed E-state index contributed by atoms with van der Waals surface area (Å²) in [7, 11) is 0. The number of aryl methyl sites for hydroxylation is 1. The topological polar surface area (TPSA) is 75.6 Å². The van der Waals surface area contributed by atoms with Crippen molar-refractivity contribution in [3.8, 4) is 17.2 Å². The second-order valence-electron chi connectivity index (χ2n) is 6.85. The highest BCUT2D eigenvalue weighted by Gasteiger charge is 2.19. The number of nitriles is 1. The van der Waals surface area contributed by atoms with E-state index in [4.69, 9.17) is 5.73 Å². The van der Waals surface area contributed by atoms with Crippen LogP contribution in [-0.2, 0) is 12.8 Å². The van der Waals surface area contributed by atoms with Crippen molar-refractivity contribution in [2.24, 2.45) is 0 Å². The molecular weight excluding hydrogens is 308 g/mol. The van der Waals surface area contributed by atoms with Gasteiger partial charge in [-0.2, -0.15) is 5.26 Å². The van der Waals surface area contributed by atoms with E-state index in [1.54, 1.807) is 12.4 Å². The van der Waals surface area contributed by atoms with Crippen molar-refractivity contribution in [2.45, 2.75) is 64.2 Å². The summed E-state index contributed by atoms with van der Waals surface area (Å²) >= 11 is 0. The molecule has 4 nitrogen and oxygen atoms in total. The zero-order valence-electron chi connectivity index (χ0n) is 14.8. The molecule has 0 spiro atoms. The first-order valence-electron chi connectivity index (χ1n) is 9.43. The summed E-state index contributed by atoms with van der Waals surface area (Å²) in [5, 5.41) is 9.69. The summed E-state index contributed by atoms with van der Waals surface area (Å²) in [4.78, 5) is 8.75. The third kappa shape index (κ3) is 4.17. The number of anilines is 1. The lowest BCUT2D eigenvalue weighted by molar-refractivity contribution is 0.557. The highest BCUT2D eigenvalue weighted by molar-refractivity contribution is 5.78. The van der Waals surface area contributed by atoms with E-state index in [9.17, 15) is 5.26 Å². The molecule has 2 N–H and O–H groups in total. The predicted molar refractivity (Wildman–Crippen MR) is 101 cm³/mol. The second-order valence-corrected chi connectivity index (χ2v) is 6.85. The van der Waals surface area contributed by atoms with Crippen LogP contribution in [0.4, 0.5) is 5.82 Å². The Morgan fingerprint density at radius 2 is 1.48 bits per heavy atom. The Kier molecular flexibility index (Phi) is 6.00. The molecule has 0 saturated carbocycles. The summed E-state index contributed by atoms with van der Waals surface area (Å²) in [6.45, 7) is 0. The maximum Gasteiger partial charge on any atom is 0.142 e. The van der Waals surface area contributed by atoms with Crippen LogP contribution in [-0.4, -0.2) is 9.97 Å². The van der Waals surface area contributed by atoms with Crippen LogP contribution in [0.3, 0.4) is 0 Å². The first-order chi connectivity index (χ1) is 12.3. The van der Waals surface area contributed by atoms with Gasteiger partial charge in [-0.25, -0.2) is 4.98 Å². The summed E-state index contributed by atoms with van der Waals surface area (Å²) in [6.07, 6.45) is 15.5. The summed E-state index contributed by atoms with van der Waals surface area (Å²) in [6, 6.07) is 6.22. The molecule has 0 bridgehead atoms.